The standard InChI is InChI=1S/C17H21NO2/c1-11-7-5-6-8-14(11)15-9-13(12(2)18)10-16(19-3)17(15)20-4/h5-10,12H,18H2,1-4H3. The molecule has 3 heteroatoms. The highest BCUT2D eigenvalue weighted by Crippen LogP contribution is 2.41. The molecular formula is C17H21NO2. The van der Waals surface area contributed by atoms with Crippen molar-refractivity contribution in [3.63, 3.8) is 0 Å². The third-order valence-electron chi connectivity index (χ3n) is 3.46. The average molecular weight is 271 g/mol. The van der Waals surface area contributed by atoms with Crippen molar-refractivity contribution in [2.24, 2.45) is 5.73 Å². The molecule has 1 atom stereocenters. The van der Waals surface area contributed by atoms with Gasteiger partial charge in [0.05, 0.1) is 14.2 Å². The van der Waals surface area contributed by atoms with Gasteiger partial charge in [-0.3, -0.25) is 0 Å². The lowest BCUT2D eigenvalue weighted by Gasteiger charge is -2.18. The van der Waals surface area contributed by atoms with Crippen LogP contribution in [-0.2, 0) is 0 Å². The molecule has 3 nitrogen and oxygen atoms in total. The quantitative estimate of drug-likeness (QED) is 0.922. The number of nitrogens with two attached hydrogens (primary N) is 1. The van der Waals surface area contributed by atoms with Gasteiger partial charge in [0.1, 0.15) is 0 Å². The van der Waals surface area contributed by atoms with Crippen molar-refractivity contribution in [3.05, 3.63) is 47.5 Å². The van der Waals surface area contributed by atoms with Gasteiger partial charge in [-0.2, -0.15) is 0 Å². The third kappa shape index (κ3) is 2.63. The van der Waals surface area contributed by atoms with Gasteiger partial charge < -0.3 is 15.2 Å². The Balaban J connectivity index is 2.73. The van der Waals surface area contributed by atoms with Crippen LogP contribution in [0.4, 0.5) is 0 Å². The molecule has 0 saturated carbocycles. The predicted molar refractivity (Wildman–Crippen MR) is 82.3 cm³/mol. The molecule has 2 rings (SSSR count). The van der Waals surface area contributed by atoms with Crippen LogP contribution in [0.5, 0.6) is 11.5 Å². The molecule has 2 N–H and O–H groups in total. The van der Waals surface area contributed by atoms with Crippen LogP contribution in [0, 0.1) is 6.92 Å². The van der Waals surface area contributed by atoms with E-state index >= 15 is 0 Å². The normalized spacial score (nSPS) is 12.1. The highest BCUT2D eigenvalue weighted by Gasteiger charge is 2.16. The van der Waals surface area contributed by atoms with Crippen LogP contribution in [0.2, 0.25) is 0 Å². The zero-order valence-electron chi connectivity index (χ0n) is 12.4. The first kappa shape index (κ1) is 14.4. The van der Waals surface area contributed by atoms with Crippen LogP contribution in [0.25, 0.3) is 11.1 Å². The lowest BCUT2D eigenvalue weighted by atomic mass is 9.95. The summed E-state index contributed by atoms with van der Waals surface area (Å²) in [5, 5.41) is 0. The Labute approximate surface area is 120 Å². The van der Waals surface area contributed by atoms with Crippen LogP contribution >= 0.6 is 0 Å². The maximum absolute atomic E-state index is 6.02. The van der Waals surface area contributed by atoms with E-state index in [1.54, 1.807) is 14.2 Å². The summed E-state index contributed by atoms with van der Waals surface area (Å²) >= 11 is 0. The topological polar surface area (TPSA) is 44.5 Å². The second-order valence-corrected chi connectivity index (χ2v) is 4.91. The van der Waals surface area contributed by atoms with Crippen LogP contribution in [0.1, 0.15) is 24.1 Å². The fourth-order valence-electron chi connectivity index (χ4n) is 2.32. The van der Waals surface area contributed by atoms with E-state index < -0.39 is 0 Å². The number of rotatable bonds is 4. The molecule has 0 heterocycles. The van der Waals surface area contributed by atoms with Gasteiger partial charge in [0, 0.05) is 11.6 Å². The number of benzene rings is 2. The molecule has 1 unspecified atom stereocenters. The Hall–Kier alpha value is -2.00. The second-order valence-electron chi connectivity index (χ2n) is 4.91. The third-order valence-corrected chi connectivity index (χ3v) is 3.46. The van der Waals surface area contributed by atoms with E-state index in [1.807, 2.05) is 25.1 Å². The van der Waals surface area contributed by atoms with Crippen LogP contribution in [-0.4, -0.2) is 14.2 Å². The Bertz CT molecular complexity index is 606. The Morgan fingerprint density at radius 1 is 1.00 bits per heavy atom. The van der Waals surface area contributed by atoms with Gasteiger partial charge >= 0.3 is 0 Å². The first-order valence-electron chi connectivity index (χ1n) is 6.66. The maximum Gasteiger partial charge on any atom is 0.168 e. The highest BCUT2D eigenvalue weighted by molar-refractivity contribution is 5.77. The summed E-state index contributed by atoms with van der Waals surface area (Å²) in [4.78, 5) is 0. The van der Waals surface area contributed by atoms with E-state index in [1.165, 1.54) is 5.56 Å². The van der Waals surface area contributed by atoms with Crippen LogP contribution < -0.4 is 15.2 Å². The van der Waals surface area contributed by atoms with Crippen LogP contribution in [0.3, 0.4) is 0 Å². The molecule has 0 aliphatic heterocycles. The first-order chi connectivity index (χ1) is 9.58. The van der Waals surface area contributed by atoms with Crippen molar-refractivity contribution in [2.45, 2.75) is 19.9 Å². The van der Waals surface area contributed by atoms with Crippen molar-refractivity contribution in [1.82, 2.24) is 0 Å². The van der Waals surface area contributed by atoms with E-state index in [9.17, 15) is 0 Å². The zero-order chi connectivity index (χ0) is 14.7. The molecule has 0 radical (unpaired) electrons. The highest BCUT2D eigenvalue weighted by atomic mass is 16.5. The van der Waals surface area contributed by atoms with E-state index in [2.05, 4.69) is 25.1 Å². The molecule has 0 fully saturated rings. The summed E-state index contributed by atoms with van der Waals surface area (Å²) in [6.07, 6.45) is 0. The lowest BCUT2D eigenvalue weighted by Crippen LogP contribution is -2.06. The molecule has 0 bridgehead atoms. The van der Waals surface area contributed by atoms with Crippen molar-refractivity contribution >= 4 is 0 Å². The predicted octanol–water partition coefficient (Wildman–Crippen LogP) is 3.70. The second kappa shape index (κ2) is 5.97. The summed E-state index contributed by atoms with van der Waals surface area (Å²) in [6, 6.07) is 12.2. The number of hydrogen-bond acceptors (Lipinski definition) is 3. The SMILES string of the molecule is COc1cc(C(C)N)cc(-c2ccccc2C)c1OC. The molecule has 0 saturated heterocycles. The molecule has 0 amide bonds. The van der Waals surface area contributed by atoms with Gasteiger partial charge in [0.2, 0.25) is 0 Å². The Kier molecular flexibility index (Phi) is 4.30. The van der Waals surface area contributed by atoms with Crippen molar-refractivity contribution < 1.29 is 9.47 Å². The monoisotopic (exact) mass is 271 g/mol. The van der Waals surface area contributed by atoms with Crippen molar-refractivity contribution in [3.8, 4) is 22.6 Å². The fourth-order valence-corrected chi connectivity index (χ4v) is 2.32. The minimum atomic E-state index is -0.0578. The molecular weight excluding hydrogens is 250 g/mol. The van der Waals surface area contributed by atoms with Crippen molar-refractivity contribution in [1.29, 1.82) is 0 Å². The number of ether oxygens (including phenoxy) is 2. The number of hydrogen-bond donors (Lipinski definition) is 1. The van der Waals surface area contributed by atoms with E-state index in [0.717, 1.165) is 22.4 Å². The van der Waals surface area contributed by atoms with Crippen molar-refractivity contribution in [2.75, 3.05) is 14.2 Å². The first-order valence-corrected chi connectivity index (χ1v) is 6.66. The Morgan fingerprint density at radius 2 is 1.70 bits per heavy atom. The van der Waals surface area contributed by atoms with Gasteiger partial charge in [-0.05, 0) is 42.7 Å². The van der Waals surface area contributed by atoms with Gasteiger partial charge in [0.25, 0.3) is 0 Å². The number of methoxy groups -OCH3 is 2. The minimum Gasteiger partial charge on any atom is -0.493 e. The fraction of sp³-hybridized carbons (Fsp3) is 0.294. The van der Waals surface area contributed by atoms with Gasteiger partial charge in [-0.15, -0.1) is 0 Å². The molecule has 106 valence electrons. The molecule has 0 aromatic heterocycles. The Morgan fingerprint density at radius 3 is 2.25 bits per heavy atom. The molecule has 0 spiro atoms. The molecule has 0 aliphatic rings. The smallest absolute Gasteiger partial charge is 0.168 e. The van der Waals surface area contributed by atoms with E-state index in [4.69, 9.17) is 15.2 Å². The summed E-state index contributed by atoms with van der Waals surface area (Å²) < 4.78 is 11.0. The van der Waals surface area contributed by atoms with Crippen LogP contribution in [0.15, 0.2) is 36.4 Å². The largest absolute Gasteiger partial charge is 0.493 e. The summed E-state index contributed by atoms with van der Waals surface area (Å²) in [6.45, 7) is 4.04. The number of aryl methyl sites for hydroxylation is 1. The minimum absolute atomic E-state index is 0.0578. The summed E-state index contributed by atoms with van der Waals surface area (Å²) in [7, 11) is 3.30. The van der Waals surface area contributed by atoms with E-state index in [0.29, 0.717) is 5.75 Å². The van der Waals surface area contributed by atoms with E-state index in [-0.39, 0.29) is 6.04 Å². The van der Waals surface area contributed by atoms with Gasteiger partial charge in [-0.1, -0.05) is 24.3 Å². The zero-order valence-corrected chi connectivity index (χ0v) is 12.4. The van der Waals surface area contributed by atoms with Gasteiger partial charge in [0.15, 0.2) is 11.5 Å². The molecule has 0 aliphatic carbocycles. The lowest BCUT2D eigenvalue weighted by molar-refractivity contribution is 0.355. The molecule has 2 aromatic rings. The average Bonchev–Trinajstić information content (AvgIpc) is 2.46. The van der Waals surface area contributed by atoms with Gasteiger partial charge in [-0.25, -0.2) is 0 Å². The summed E-state index contributed by atoms with van der Waals surface area (Å²) in [5.41, 5.74) is 10.4. The molecule has 20 heavy (non-hydrogen) atoms. The molecule has 2 aromatic carbocycles. The summed E-state index contributed by atoms with van der Waals surface area (Å²) in [5.74, 6) is 1.45. The maximum atomic E-state index is 6.02.